The molecule has 0 bridgehead atoms. The molecule has 0 aliphatic carbocycles. The van der Waals surface area contributed by atoms with Gasteiger partial charge in [-0.25, -0.2) is 0 Å². The zero-order valence-electron chi connectivity index (χ0n) is 10.9. The van der Waals surface area contributed by atoms with Crippen LogP contribution in [0.2, 0.25) is 0 Å². The van der Waals surface area contributed by atoms with E-state index < -0.39 is 0 Å². The number of nitrogens with two attached hydrogens (primary N) is 1. The van der Waals surface area contributed by atoms with Crippen molar-refractivity contribution >= 4 is 17.2 Å². The standard InChI is InChI=1S/C13H18N4S/c1-9-6-7-18-12(9)10-4-5-11(17-16-10)15-8-13(2,3)14/h4-7H,8,14H2,1-3H3,(H,15,17). The van der Waals surface area contributed by atoms with E-state index in [1.54, 1.807) is 11.3 Å². The average Bonchev–Trinajstić information content (AvgIpc) is 2.73. The quantitative estimate of drug-likeness (QED) is 0.889. The van der Waals surface area contributed by atoms with Gasteiger partial charge < -0.3 is 11.1 Å². The molecule has 2 rings (SSSR count). The average molecular weight is 262 g/mol. The Balaban J connectivity index is 2.09. The molecule has 0 aliphatic heterocycles. The summed E-state index contributed by atoms with van der Waals surface area (Å²) in [6.45, 7) is 6.68. The summed E-state index contributed by atoms with van der Waals surface area (Å²) in [5, 5.41) is 13.7. The highest BCUT2D eigenvalue weighted by Gasteiger charge is 2.11. The smallest absolute Gasteiger partial charge is 0.148 e. The maximum Gasteiger partial charge on any atom is 0.148 e. The van der Waals surface area contributed by atoms with Crippen molar-refractivity contribution in [2.45, 2.75) is 26.3 Å². The Morgan fingerprint density at radius 1 is 1.28 bits per heavy atom. The van der Waals surface area contributed by atoms with E-state index in [1.165, 1.54) is 10.4 Å². The molecule has 96 valence electrons. The Bertz CT molecular complexity index is 511. The van der Waals surface area contributed by atoms with Crippen molar-refractivity contribution in [2.24, 2.45) is 5.73 Å². The molecule has 5 heteroatoms. The van der Waals surface area contributed by atoms with Crippen LogP contribution in [0.1, 0.15) is 19.4 Å². The van der Waals surface area contributed by atoms with Crippen molar-refractivity contribution in [3.8, 4) is 10.6 Å². The first-order valence-electron chi connectivity index (χ1n) is 5.87. The van der Waals surface area contributed by atoms with E-state index in [0.29, 0.717) is 6.54 Å². The van der Waals surface area contributed by atoms with Crippen LogP contribution < -0.4 is 11.1 Å². The van der Waals surface area contributed by atoms with Crippen molar-refractivity contribution < 1.29 is 0 Å². The summed E-state index contributed by atoms with van der Waals surface area (Å²) in [5.74, 6) is 0.756. The minimum atomic E-state index is -0.259. The lowest BCUT2D eigenvalue weighted by Crippen LogP contribution is -2.39. The lowest BCUT2D eigenvalue weighted by atomic mass is 10.1. The molecule has 0 fully saturated rings. The summed E-state index contributed by atoms with van der Waals surface area (Å²) in [4.78, 5) is 1.17. The third-order valence-electron chi connectivity index (χ3n) is 2.48. The summed E-state index contributed by atoms with van der Waals surface area (Å²) in [6, 6.07) is 6.01. The topological polar surface area (TPSA) is 63.8 Å². The Morgan fingerprint density at radius 3 is 2.56 bits per heavy atom. The van der Waals surface area contributed by atoms with Gasteiger partial charge in [0.1, 0.15) is 11.5 Å². The lowest BCUT2D eigenvalue weighted by molar-refractivity contribution is 0.548. The predicted octanol–water partition coefficient (Wildman–Crippen LogP) is 2.66. The molecule has 0 saturated heterocycles. The van der Waals surface area contributed by atoms with Crippen molar-refractivity contribution in [1.82, 2.24) is 10.2 Å². The molecule has 3 N–H and O–H groups in total. The number of hydrogen-bond donors (Lipinski definition) is 2. The van der Waals surface area contributed by atoms with E-state index in [9.17, 15) is 0 Å². The molecule has 0 unspecified atom stereocenters. The number of nitrogens with one attached hydrogen (secondary N) is 1. The monoisotopic (exact) mass is 262 g/mol. The second-order valence-electron chi connectivity index (χ2n) is 5.08. The molecule has 0 amide bonds. The maximum absolute atomic E-state index is 5.90. The molecule has 4 nitrogen and oxygen atoms in total. The van der Waals surface area contributed by atoms with E-state index in [-0.39, 0.29) is 5.54 Å². The molecule has 0 saturated carbocycles. The highest BCUT2D eigenvalue weighted by atomic mass is 32.1. The van der Waals surface area contributed by atoms with Crippen molar-refractivity contribution in [3.05, 3.63) is 29.1 Å². The molecule has 0 aromatic carbocycles. The Morgan fingerprint density at radius 2 is 2.06 bits per heavy atom. The first-order chi connectivity index (χ1) is 8.46. The highest BCUT2D eigenvalue weighted by Crippen LogP contribution is 2.27. The fraction of sp³-hybridized carbons (Fsp3) is 0.385. The van der Waals surface area contributed by atoms with Crippen LogP contribution in [0.15, 0.2) is 23.6 Å². The highest BCUT2D eigenvalue weighted by molar-refractivity contribution is 7.13. The second kappa shape index (κ2) is 5.04. The number of nitrogens with zero attached hydrogens (tertiary/aromatic N) is 2. The fourth-order valence-corrected chi connectivity index (χ4v) is 2.39. The van der Waals surface area contributed by atoms with Gasteiger partial charge >= 0.3 is 0 Å². The molecule has 0 aliphatic rings. The van der Waals surface area contributed by atoms with Crippen LogP contribution >= 0.6 is 11.3 Å². The van der Waals surface area contributed by atoms with E-state index in [1.807, 2.05) is 26.0 Å². The molecular formula is C13H18N4S. The zero-order chi connectivity index (χ0) is 13.2. The third kappa shape index (κ3) is 3.27. The summed E-state index contributed by atoms with van der Waals surface area (Å²) in [7, 11) is 0. The van der Waals surface area contributed by atoms with Crippen LogP contribution in [0.5, 0.6) is 0 Å². The molecule has 0 spiro atoms. The van der Waals surface area contributed by atoms with Crippen molar-refractivity contribution in [3.63, 3.8) is 0 Å². The van der Waals surface area contributed by atoms with Crippen molar-refractivity contribution in [2.75, 3.05) is 11.9 Å². The molecular weight excluding hydrogens is 244 g/mol. The number of anilines is 1. The maximum atomic E-state index is 5.90. The largest absolute Gasteiger partial charge is 0.367 e. The Labute approximate surface area is 111 Å². The molecule has 2 aromatic heterocycles. The van der Waals surface area contributed by atoms with Crippen LogP contribution in [-0.4, -0.2) is 22.3 Å². The lowest BCUT2D eigenvalue weighted by Gasteiger charge is -2.18. The number of aryl methyl sites for hydroxylation is 1. The summed E-state index contributed by atoms with van der Waals surface area (Å²) < 4.78 is 0. The van der Waals surface area contributed by atoms with Gasteiger partial charge in [0.15, 0.2) is 0 Å². The summed E-state index contributed by atoms with van der Waals surface area (Å²) in [6.07, 6.45) is 0. The zero-order valence-corrected chi connectivity index (χ0v) is 11.7. The first kappa shape index (κ1) is 13.0. The van der Waals surface area contributed by atoms with E-state index >= 15 is 0 Å². The molecule has 0 radical (unpaired) electrons. The van der Waals surface area contributed by atoms with E-state index in [0.717, 1.165) is 11.5 Å². The van der Waals surface area contributed by atoms with Gasteiger partial charge in [0.05, 0.1) is 4.88 Å². The molecule has 2 heterocycles. The van der Waals surface area contributed by atoms with Crippen LogP contribution in [0, 0.1) is 6.92 Å². The number of hydrogen-bond acceptors (Lipinski definition) is 5. The van der Waals surface area contributed by atoms with Gasteiger partial charge in [0.25, 0.3) is 0 Å². The van der Waals surface area contributed by atoms with E-state index in [2.05, 4.69) is 33.9 Å². The number of aromatic nitrogens is 2. The first-order valence-corrected chi connectivity index (χ1v) is 6.75. The Hall–Kier alpha value is -1.46. The minimum Gasteiger partial charge on any atom is -0.367 e. The number of rotatable bonds is 4. The number of thiophene rings is 1. The SMILES string of the molecule is Cc1ccsc1-c1ccc(NCC(C)(C)N)nn1. The van der Waals surface area contributed by atoms with Gasteiger partial charge in [-0.15, -0.1) is 21.5 Å². The van der Waals surface area contributed by atoms with Gasteiger partial charge in [-0.1, -0.05) is 0 Å². The van der Waals surface area contributed by atoms with Gasteiger partial charge in [-0.05, 0) is 49.9 Å². The summed E-state index contributed by atoms with van der Waals surface area (Å²) >= 11 is 1.68. The van der Waals surface area contributed by atoms with Gasteiger partial charge in [0, 0.05) is 12.1 Å². The molecule has 2 aromatic rings. The summed E-state index contributed by atoms with van der Waals surface area (Å²) in [5.41, 5.74) is 7.79. The van der Waals surface area contributed by atoms with Crippen LogP contribution in [0.25, 0.3) is 10.6 Å². The normalized spacial score (nSPS) is 11.6. The fourth-order valence-electron chi connectivity index (χ4n) is 1.50. The predicted molar refractivity (Wildman–Crippen MR) is 76.8 cm³/mol. The second-order valence-corrected chi connectivity index (χ2v) is 5.99. The van der Waals surface area contributed by atoms with Crippen LogP contribution in [0.3, 0.4) is 0 Å². The Kier molecular flexibility index (Phi) is 3.63. The van der Waals surface area contributed by atoms with Crippen LogP contribution in [-0.2, 0) is 0 Å². The molecule has 18 heavy (non-hydrogen) atoms. The van der Waals surface area contributed by atoms with Crippen molar-refractivity contribution in [1.29, 1.82) is 0 Å². The molecule has 0 atom stereocenters. The van der Waals surface area contributed by atoms with Gasteiger partial charge in [-0.3, -0.25) is 0 Å². The third-order valence-corrected chi connectivity index (χ3v) is 3.52. The van der Waals surface area contributed by atoms with Crippen LogP contribution in [0.4, 0.5) is 5.82 Å². The van der Waals surface area contributed by atoms with Gasteiger partial charge in [-0.2, -0.15) is 0 Å². The van der Waals surface area contributed by atoms with Gasteiger partial charge in [0.2, 0.25) is 0 Å². The minimum absolute atomic E-state index is 0.259. The van der Waals surface area contributed by atoms with E-state index in [4.69, 9.17) is 5.73 Å².